The highest BCUT2D eigenvalue weighted by molar-refractivity contribution is 5.80. The second kappa shape index (κ2) is 7.72. The highest BCUT2D eigenvalue weighted by Gasteiger charge is 2.36. The van der Waals surface area contributed by atoms with Crippen LogP contribution in [0.4, 0.5) is 4.79 Å². The average Bonchev–Trinajstić information content (AvgIpc) is 3.25. The van der Waals surface area contributed by atoms with Crippen molar-refractivity contribution >= 4 is 11.9 Å². The lowest BCUT2D eigenvalue weighted by molar-refractivity contribution is -0.138. The number of amides is 3. The van der Waals surface area contributed by atoms with Crippen molar-refractivity contribution in [3.8, 4) is 0 Å². The summed E-state index contributed by atoms with van der Waals surface area (Å²) in [5.74, 6) is 0.286. The van der Waals surface area contributed by atoms with Gasteiger partial charge in [0.1, 0.15) is 0 Å². The van der Waals surface area contributed by atoms with Crippen LogP contribution in [0.2, 0.25) is 0 Å². The Morgan fingerprint density at radius 1 is 0.958 bits per heavy atom. The normalized spacial score (nSPS) is 26.9. The fraction of sp³-hybridized carbons (Fsp3) is 0.889. The molecular weight excluding hydrogens is 306 g/mol. The van der Waals surface area contributed by atoms with Gasteiger partial charge in [-0.15, -0.1) is 0 Å². The number of aliphatic hydroxyl groups is 1. The summed E-state index contributed by atoms with van der Waals surface area (Å²) >= 11 is 0. The summed E-state index contributed by atoms with van der Waals surface area (Å²) in [5, 5.41) is 9.64. The van der Waals surface area contributed by atoms with Crippen LogP contribution >= 0.6 is 0 Å². The van der Waals surface area contributed by atoms with E-state index in [4.69, 9.17) is 0 Å². The van der Waals surface area contributed by atoms with Crippen molar-refractivity contribution in [2.24, 2.45) is 5.92 Å². The van der Waals surface area contributed by atoms with Crippen LogP contribution in [0.15, 0.2) is 0 Å². The summed E-state index contributed by atoms with van der Waals surface area (Å²) in [5.41, 5.74) is 0. The molecule has 3 aliphatic heterocycles. The number of nitrogens with zero attached hydrogens (tertiary/aromatic N) is 3. The first kappa shape index (κ1) is 17.5. The van der Waals surface area contributed by atoms with Crippen molar-refractivity contribution in [2.75, 3.05) is 32.7 Å². The number of aliphatic hydroxyl groups excluding tert-OH is 1. The first-order valence-electron chi connectivity index (χ1n) is 9.58. The number of rotatable bonds is 3. The zero-order valence-corrected chi connectivity index (χ0v) is 14.8. The third-order valence-corrected chi connectivity index (χ3v) is 5.76. The van der Waals surface area contributed by atoms with Crippen LogP contribution < -0.4 is 0 Å². The Morgan fingerprint density at radius 2 is 1.58 bits per heavy atom. The lowest BCUT2D eigenvalue weighted by Gasteiger charge is -2.36. The Morgan fingerprint density at radius 3 is 2.21 bits per heavy atom. The SMILES string of the molecule is C[C@H](O)C[C@@H]1CCCN1C(=O)C1CCN(C(=O)N2CCCC2)CC1. The monoisotopic (exact) mass is 337 g/mol. The van der Waals surface area contributed by atoms with Gasteiger partial charge in [-0.2, -0.15) is 0 Å². The number of likely N-dealkylation sites (tertiary alicyclic amines) is 3. The molecule has 6 heteroatoms. The fourth-order valence-electron chi connectivity index (χ4n) is 4.43. The second-order valence-corrected chi connectivity index (χ2v) is 7.65. The molecule has 136 valence electrons. The lowest BCUT2D eigenvalue weighted by atomic mass is 9.94. The highest BCUT2D eigenvalue weighted by Crippen LogP contribution is 2.28. The van der Waals surface area contributed by atoms with Crippen LogP contribution in [-0.2, 0) is 4.79 Å². The molecule has 3 rings (SSSR count). The van der Waals surface area contributed by atoms with Gasteiger partial charge in [-0.25, -0.2) is 4.79 Å². The van der Waals surface area contributed by atoms with Gasteiger partial charge in [0.05, 0.1) is 6.10 Å². The summed E-state index contributed by atoms with van der Waals surface area (Å²) in [6.45, 7) is 5.77. The molecule has 0 unspecified atom stereocenters. The predicted molar refractivity (Wildman–Crippen MR) is 91.5 cm³/mol. The standard InChI is InChI=1S/C18H31N3O3/c1-14(22)13-16-5-4-10-21(16)17(23)15-6-11-20(12-7-15)18(24)19-8-2-3-9-19/h14-16,22H,2-13H2,1H3/t14-,16-/m0/s1. The molecule has 3 amide bonds. The number of hydrogen-bond acceptors (Lipinski definition) is 3. The molecule has 6 nitrogen and oxygen atoms in total. The molecular formula is C18H31N3O3. The van der Waals surface area contributed by atoms with Crippen molar-refractivity contribution < 1.29 is 14.7 Å². The number of piperidine rings is 1. The molecule has 0 aromatic carbocycles. The Kier molecular flexibility index (Phi) is 5.64. The van der Waals surface area contributed by atoms with Crippen LogP contribution in [0.1, 0.15) is 51.9 Å². The van der Waals surface area contributed by atoms with Crippen LogP contribution in [0.25, 0.3) is 0 Å². The molecule has 2 atom stereocenters. The van der Waals surface area contributed by atoms with Gasteiger partial charge in [-0.05, 0) is 51.9 Å². The Hall–Kier alpha value is -1.30. The molecule has 24 heavy (non-hydrogen) atoms. The third kappa shape index (κ3) is 3.85. The smallest absolute Gasteiger partial charge is 0.319 e. The zero-order chi connectivity index (χ0) is 17.1. The van der Waals surface area contributed by atoms with E-state index in [1.807, 2.05) is 14.7 Å². The van der Waals surface area contributed by atoms with Gasteiger partial charge in [0, 0.05) is 44.7 Å². The topological polar surface area (TPSA) is 64.1 Å². The van der Waals surface area contributed by atoms with Crippen molar-refractivity contribution in [1.29, 1.82) is 0 Å². The van der Waals surface area contributed by atoms with Gasteiger partial charge in [0.15, 0.2) is 0 Å². The van der Waals surface area contributed by atoms with Gasteiger partial charge in [-0.1, -0.05) is 0 Å². The van der Waals surface area contributed by atoms with Crippen molar-refractivity contribution in [3.05, 3.63) is 0 Å². The Bertz CT molecular complexity index is 454. The van der Waals surface area contributed by atoms with E-state index < -0.39 is 0 Å². The molecule has 0 radical (unpaired) electrons. The fourth-order valence-corrected chi connectivity index (χ4v) is 4.43. The number of carbonyl (C=O) groups is 2. The quantitative estimate of drug-likeness (QED) is 0.852. The minimum atomic E-state index is -0.358. The number of carbonyl (C=O) groups excluding carboxylic acids is 2. The molecule has 0 spiro atoms. The second-order valence-electron chi connectivity index (χ2n) is 7.65. The summed E-state index contributed by atoms with van der Waals surface area (Å²) in [6.07, 6.45) is 6.13. The largest absolute Gasteiger partial charge is 0.393 e. The maximum Gasteiger partial charge on any atom is 0.319 e. The maximum absolute atomic E-state index is 12.9. The van der Waals surface area contributed by atoms with Gasteiger partial charge < -0.3 is 19.8 Å². The van der Waals surface area contributed by atoms with Crippen LogP contribution in [0.5, 0.6) is 0 Å². The predicted octanol–water partition coefficient (Wildman–Crippen LogP) is 1.68. The Balaban J connectivity index is 1.50. The first-order chi connectivity index (χ1) is 11.6. The van der Waals surface area contributed by atoms with Gasteiger partial charge in [-0.3, -0.25) is 4.79 Å². The third-order valence-electron chi connectivity index (χ3n) is 5.76. The van der Waals surface area contributed by atoms with Gasteiger partial charge in [0.25, 0.3) is 0 Å². The molecule has 1 N–H and O–H groups in total. The first-order valence-corrected chi connectivity index (χ1v) is 9.58. The molecule has 3 heterocycles. The minimum absolute atomic E-state index is 0.0437. The van der Waals surface area contributed by atoms with E-state index in [9.17, 15) is 14.7 Å². The van der Waals surface area contributed by atoms with E-state index in [-0.39, 0.29) is 30.0 Å². The van der Waals surface area contributed by atoms with Gasteiger partial charge in [0.2, 0.25) is 5.91 Å². The summed E-state index contributed by atoms with van der Waals surface area (Å²) in [4.78, 5) is 31.2. The molecule has 0 saturated carbocycles. The molecule has 0 aromatic rings. The number of hydrogen-bond donors (Lipinski definition) is 1. The molecule has 3 aliphatic rings. The molecule has 0 bridgehead atoms. The van der Waals surface area contributed by atoms with E-state index in [1.54, 1.807) is 6.92 Å². The zero-order valence-electron chi connectivity index (χ0n) is 14.8. The van der Waals surface area contributed by atoms with Crippen molar-refractivity contribution in [2.45, 2.75) is 64.0 Å². The summed E-state index contributed by atoms with van der Waals surface area (Å²) < 4.78 is 0. The van der Waals surface area contributed by atoms with E-state index in [0.29, 0.717) is 19.5 Å². The van der Waals surface area contributed by atoms with E-state index >= 15 is 0 Å². The molecule has 3 fully saturated rings. The molecule has 0 aliphatic carbocycles. The highest BCUT2D eigenvalue weighted by atomic mass is 16.3. The molecule has 0 aromatic heterocycles. The Labute approximate surface area is 144 Å². The average molecular weight is 337 g/mol. The van der Waals surface area contributed by atoms with Crippen LogP contribution in [-0.4, -0.2) is 76.6 Å². The van der Waals surface area contributed by atoms with Crippen LogP contribution in [0.3, 0.4) is 0 Å². The van der Waals surface area contributed by atoms with Gasteiger partial charge >= 0.3 is 6.03 Å². The van der Waals surface area contributed by atoms with E-state index in [2.05, 4.69) is 0 Å². The number of urea groups is 1. The maximum atomic E-state index is 12.9. The molecule has 3 saturated heterocycles. The summed E-state index contributed by atoms with van der Waals surface area (Å²) in [7, 11) is 0. The summed E-state index contributed by atoms with van der Waals surface area (Å²) in [6, 6.07) is 0.355. The minimum Gasteiger partial charge on any atom is -0.393 e. The lowest BCUT2D eigenvalue weighted by Crippen LogP contribution is -2.49. The van der Waals surface area contributed by atoms with E-state index in [1.165, 1.54) is 0 Å². The van der Waals surface area contributed by atoms with Crippen LogP contribution in [0, 0.1) is 5.92 Å². The van der Waals surface area contributed by atoms with Crippen molar-refractivity contribution in [3.63, 3.8) is 0 Å². The van der Waals surface area contributed by atoms with E-state index in [0.717, 1.165) is 58.2 Å². The van der Waals surface area contributed by atoms with Crippen molar-refractivity contribution in [1.82, 2.24) is 14.7 Å².